The smallest absolute Gasteiger partial charge is 0.271 e. The van der Waals surface area contributed by atoms with Gasteiger partial charge in [0.05, 0.1) is 6.42 Å². The van der Waals surface area contributed by atoms with Crippen LogP contribution >= 0.6 is 11.6 Å². The molecule has 124 valence electrons. The van der Waals surface area contributed by atoms with Crippen LogP contribution in [0.5, 0.6) is 5.75 Å². The van der Waals surface area contributed by atoms with Gasteiger partial charge in [-0.15, -0.1) is 0 Å². The second-order valence-electron chi connectivity index (χ2n) is 5.07. The van der Waals surface area contributed by atoms with Crippen molar-refractivity contribution >= 4 is 34.8 Å². The lowest BCUT2D eigenvalue weighted by Gasteiger charge is -2.06. The second-order valence-corrected chi connectivity index (χ2v) is 5.51. The molecular weight excluding hydrogens is 330 g/mol. The Kier molecular flexibility index (Phi) is 5.92. The number of hydrogen-bond acceptors (Lipinski definition) is 4. The van der Waals surface area contributed by atoms with Crippen LogP contribution in [0.25, 0.3) is 0 Å². The second kappa shape index (κ2) is 8.12. The van der Waals surface area contributed by atoms with Gasteiger partial charge < -0.3 is 10.4 Å². The first-order valence-electron chi connectivity index (χ1n) is 7.12. The quantitative estimate of drug-likeness (QED) is 0.574. The van der Waals surface area contributed by atoms with Crippen molar-refractivity contribution in [2.45, 2.75) is 13.3 Å². The molecule has 0 unspecified atom stereocenters. The van der Waals surface area contributed by atoms with Crippen LogP contribution in [-0.4, -0.2) is 22.6 Å². The van der Waals surface area contributed by atoms with Gasteiger partial charge in [0, 0.05) is 22.0 Å². The van der Waals surface area contributed by atoms with Crippen molar-refractivity contribution in [3.8, 4) is 5.75 Å². The van der Waals surface area contributed by atoms with Gasteiger partial charge in [0.25, 0.3) is 5.91 Å². The van der Waals surface area contributed by atoms with Crippen molar-refractivity contribution in [2.24, 2.45) is 5.10 Å². The minimum absolute atomic E-state index is 0.00995. The van der Waals surface area contributed by atoms with Crippen LogP contribution in [0.15, 0.2) is 53.6 Å². The van der Waals surface area contributed by atoms with Crippen molar-refractivity contribution < 1.29 is 14.7 Å². The molecule has 0 radical (unpaired) electrons. The molecule has 2 amide bonds. The molecule has 0 atom stereocenters. The highest BCUT2D eigenvalue weighted by Crippen LogP contribution is 2.15. The highest BCUT2D eigenvalue weighted by Gasteiger charge is 2.07. The number of aromatic hydroxyl groups is 1. The monoisotopic (exact) mass is 345 g/mol. The fourth-order valence-electron chi connectivity index (χ4n) is 1.90. The largest absolute Gasteiger partial charge is 0.508 e. The summed E-state index contributed by atoms with van der Waals surface area (Å²) in [4.78, 5) is 23.8. The van der Waals surface area contributed by atoms with Crippen LogP contribution in [0.4, 0.5) is 5.69 Å². The highest BCUT2D eigenvalue weighted by atomic mass is 35.5. The van der Waals surface area contributed by atoms with E-state index in [-0.39, 0.29) is 23.6 Å². The average molecular weight is 346 g/mol. The number of amides is 2. The lowest BCUT2D eigenvalue weighted by Crippen LogP contribution is -2.21. The van der Waals surface area contributed by atoms with E-state index in [1.165, 1.54) is 12.1 Å². The average Bonchev–Trinajstić information content (AvgIpc) is 2.52. The van der Waals surface area contributed by atoms with Crippen molar-refractivity contribution in [3.05, 3.63) is 59.1 Å². The number of phenols is 1. The summed E-state index contributed by atoms with van der Waals surface area (Å²) in [5, 5.41) is 16.4. The zero-order valence-electron chi connectivity index (χ0n) is 12.9. The normalized spacial score (nSPS) is 11.0. The van der Waals surface area contributed by atoms with Crippen molar-refractivity contribution in [3.63, 3.8) is 0 Å². The van der Waals surface area contributed by atoms with Gasteiger partial charge in [-0.25, -0.2) is 5.43 Å². The van der Waals surface area contributed by atoms with Gasteiger partial charge >= 0.3 is 0 Å². The summed E-state index contributed by atoms with van der Waals surface area (Å²) in [7, 11) is 0. The Morgan fingerprint density at radius 1 is 1.17 bits per heavy atom. The first-order chi connectivity index (χ1) is 11.4. The third-order valence-electron chi connectivity index (χ3n) is 2.98. The van der Waals surface area contributed by atoms with Gasteiger partial charge in [-0.3, -0.25) is 9.59 Å². The molecule has 0 aliphatic heterocycles. The Hall–Kier alpha value is -2.86. The molecule has 2 aromatic carbocycles. The van der Waals surface area contributed by atoms with Crippen molar-refractivity contribution in [1.82, 2.24) is 5.43 Å². The number of anilines is 1. The van der Waals surface area contributed by atoms with Crippen LogP contribution < -0.4 is 10.7 Å². The molecule has 0 fully saturated rings. The van der Waals surface area contributed by atoms with Crippen LogP contribution in [0.1, 0.15) is 23.7 Å². The molecule has 7 heteroatoms. The Balaban J connectivity index is 1.89. The zero-order chi connectivity index (χ0) is 17.5. The molecule has 2 rings (SSSR count). The van der Waals surface area contributed by atoms with Crippen LogP contribution in [0.2, 0.25) is 5.02 Å². The van der Waals surface area contributed by atoms with E-state index in [0.29, 0.717) is 16.4 Å². The molecule has 6 nitrogen and oxygen atoms in total. The molecule has 0 heterocycles. The Bertz CT molecular complexity index is 790. The summed E-state index contributed by atoms with van der Waals surface area (Å²) in [6.45, 7) is 1.63. The maximum atomic E-state index is 11.9. The van der Waals surface area contributed by atoms with Gasteiger partial charge in [0.1, 0.15) is 5.75 Å². The minimum Gasteiger partial charge on any atom is -0.508 e. The van der Waals surface area contributed by atoms with E-state index in [1.807, 2.05) is 0 Å². The first-order valence-corrected chi connectivity index (χ1v) is 7.50. The Morgan fingerprint density at radius 2 is 1.92 bits per heavy atom. The highest BCUT2D eigenvalue weighted by molar-refractivity contribution is 6.30. The number of rotatable bonds is 5. The molecular formula is C17H16ClN3O3. The topological polar surface area (TPSA) is 90.8 Å². The summed E-state index contributed by atoms with van der Waals surface area (Å²) < 4.78 is 0. The number of hydrazone groups is 1. The van der Waals surface area contributed by atoms with Crippen molar-refractivity contribution in [2.75, 3.05) is 5.32 Å². The Labute approximate surface area is 144 Å². The molecule has 24 heavy (non-hydrogen) atoms. The molecule has 0 bridgehead atoms. The van der Waals surface area contributed by atoms with E-state index in [0.717, 1.165) is 0 Å². The number of nitrogens with one attached hydrogen (secondary N) is 2. The predicted octanol–water partition coefficient (Wildman–Crippen LogP) is 3.18. The van der Waals surface area contributed by atoms with E-state index >= 15 is 0 Å². The van der Waals surface area contributed by atoms with Gasteiger partial charge in [0.15, 0.2) is 0 Å². The molecule has 0 saturated heterocycles. The summed E-state index contributed by atoms with van der Waals surface area (Å²) >= 11 is 5.85. The Morgan fingerprint density at radius 3 is 2.62 bits per heavy atom. The van der Waals surface area contributed by atoms with E-state index < -0.39 is 5.91 Å². The number of phenolic OH excluding ortho intramolecular Hbond substituents is 1. The third-order valence-corrected chi connectivity index (χ3v) is 3.22. The van der Waals surface area contributed by atoms with Crippen LogP contribution in [0, 0.1) is 0 Å². The van der Waals surface area contributed by atoms with E-state index in [4.69, 9.17) is 11.6 Å². The molecule has 0 aliphatic carbocycles. The van der Waals surface area contributed by atoms with Gasteiger partial charge in [-0.05, 0) is 43.3 Å². The van der Waals surface area contributed by atoms with Gasteiger partial charge in [-0.1, -0.05) is 23.7 Å². The summed E-state index contributed by atoms with van der Waals surface area (Å²) in [5.74, 6) is -0.755. The number of carbonyl (C=O) groups excluding carboxylic acids is 2. The molecule has 3 N–H and O–H groups in total. The number of halogens is 1. The predicted molar refractivity (Wildman–Crippen MR) is 93.4 cm³/mol. The lowest BCUT2D eigenvalue weighted by atomic mass is 10.2. The first kappa shape index (κ1) is 17.5. The number of benzene rings is 2. The summed E-state index contributed by atoms with van der Waals surface area (Å²) in [5.41, 5.74) is 3.63. The van der Waals surface area contributed by atoms with E-state index in [9.17, 15) is 14.7 Å². The van der Waals surface area contributed by atoms with Gasteiger partial charge in [-0.2, -0.15) is 5.10 Å². The SMILES string of the molecule is CC(CC(=O)Nc1cccc(Cl)c1)=NNC(=O)c1cccc(O)c1. The molecule has 0 aromatic heterocycles. The zero-order valence-corrected chi connectivity index (χ0v) is 13.7. The van der Waals surface area contributed by atoms with Crippen molar-refractivity contribution in [1.29, 1.82) is 0 Å². The third kappa shape index (κ3) is 5.40. The summed E-state index contributed by atoms with van der Waals surface area (Å²) in [6.07, 6.45) is 0.0207. The standard InChI is InChI=1S/C17H16ClN3O3/c1-11(8-16(23)19-14-6-3-5-13(18)10-14)20-21-17(24)12-4-2-7-15(22)9-12/h2-7,9-10,22H,8H2,1H3,(H,19,23)(H,21,24). The molecule has 2 aromatic rings. The number of carbonyl (C=O) groups is 2. The maximum absolute atomic E-state index is 11.9. The van der Waals surface area contributed by atoms with Crippen LogP contribution in [0.3, 0.4) is 0 Å². The fourth-order valence-corrected chi connectivity index (χ4v) is 2.09. The molecule has 0 spiro atoms. The lowest BCUT2D eigenvalue weighted by molar-refractivity contribution is -0.115. The van der Waals surface area contributed by atoms with Gasteiger partial charge in [0.2, 0.25) is 5.91 Å². The minimum atomic E-state index is -0.472. The fraction of sp³-hybridized carbons (Fsp3) is 0.118. The van der Waals surface area contributed by atoms with Crippen LogP contribution in [-0.2, 0) is 4.79 Å². The molecule has 0 aliphatic rings. The number of nitrogens with zero attached hydrogens (tertiary/aromatic N) is 1. The maximum Gasteiger partial charge on any atom is 0.271 e. The van der Waals surface area contributed by atoms with E-state index in [1.54, 1.807) is 43.3 Å². The molecule has 0 saturated carbocycles. The summed E-state index contributed by atoms with van der Waals surface area (Å²) in [6, 6.07) is 12.7. The number of hydrogen-bond donors (Lipinski definition) is 3. The van der Waals surface area contributed by atoms with E-state index in [2.05, 4.69) is 15.8 Å².